The molecule has 1 radical (unpaired) electrons. The van der Waals surface area contributed by atoms with Gasteiger partial charge in [-0.2, -0.15) is 0 Å². The van der Waals surface area contributed by atoms with Crippen LogP contribution in [0.1, 0.15) is 19.8 Å². The number of hydrogen-bond acceptors (Lipinski definition) is 0. The Morgan fingerprint density at radius 3 is 2.62 bits per heavy atom. The van der Waals surface area contributed by atoms with Crippen LogP contribution in [0.25, 0.3) is 0 Å². The van der Waals surface area contributed by atoms with Crippen LogP contribution in [0.15, 0.2) is 24.3 Å². The summed E-state index contributed by atoms with van der Waals surface area (Å²) in [6.07, 6.45) is 6.04. The molecule has 0 saturated carbocycles. The lowest BCUT2D eigenvalue weighted by Gasteiger charge is -1.89. The van der Waals surface area contributed by atoms with Crippen LogP contribution in [0.2, 0.25) is 0 Å². The largest absolute Gasteiger partial charge is 0.100 e. The van der Waals surface area contributed by atoms with Crippen molar-refractivity contribution in [3.63, 3.8) is 0 Å². The van der Waals surface area contributed by atoms with Crippen molar-refractivity contribution in [2.24, 2.45) is 0 Å². The molecule has 0 spiro atoms. The van der Waals surface area contributed by atoms with E-state index in [2.05, 4.69) is 19.6 Å². The molecule has 0 aliphatic carbocycles. The zero-order valence-electron chi connectivity index (χ0n) is 5.48. The topological polar surface area (TPSA) is 0 Å². The molecule has 0 heteroatoms. The van der Waals surface area contributed by atoms with Crippen molar-refractivity contribution in [3.8, 4) is 0 Å². The minimum absolute atomic E-state index is 1.08. The van der Waals surface area contributed by atoms with Gasteiger partial charge >= 0.3 is 0 Å². The molecule has 0 aromatic heterocycles. The van der Waals surface area contributed by atoms with Gasteiger partial charge < -0.3 is 0 Å². The zero-order valence-corrected chi connectivity index (χ0v) is 5.48. The van der Waals surface area contributed by atoms with Crippen LogP contribution in [0.3, 0.4) is 0 Å². The van der Waals surface area contributed by atoms with Gasteiger partial charge in [0.25, 0.3) is 0 Å². The lowest BCUT2D eigenvalue weighted by molar-refractivity contribution is 0.984. The van der Waals surface area contributed by atoms with Crippen molar-refractivity contribution >= 4 is 0 Å². The summed E-state index contributed by atoms with van der Waals surface area (Å²) in [5, 5.41) is 0. The molecule has 0 amide bonds. The smallest absolute Gasteiger partial charge is 0.0291 e. The van der Waals surface area contributed by atoms with Gasteiger partial charge in [-0.15, -0.1) is 6.58 Å². The molecule has 0 atom stereocenters. The number of rotatable bonds is 3. The first-order chi connectivity index (χ1) is 3.77. The van der Waals surface area contributed by atoms with Crippen molar-refractivity contribution in [2.45, 2.75) is 19.8 Å². The Labute approximate surface area is 51.9 Å². The summed E-state index contributed by atoms with van der Waals surface area (Å²) in [6, 6.07) is 0. The van der Waals surface area contributed by atoms with Crippen LogP contribution < -0.4 is 0 Å². The van der Waals surface area contributed by atoms with E-state index >= 15 is 0 Å². The molecule has 0 fully saturated rings. The van der Waals surface area contributed by atoms with E-state index in [-0.39, 0.29) is 0 Å². The number of hydrogen-bond donors (Lipinski definition) is 0. The minimum Gasteiger partial charge on any atom is -0.100 e. The zero-order chi connectivity index (χ0) is 6.41. The second kappa shape index (κ2) is 4.63. The third-order valence-corrected chi connectivity index (χ3v) is 0.904. The van der Waals surface area contributed by atoms with E-state index in [0.29, 0.717) is 0 Å². The van der Waals surface area contributed by atoms with Crippen molar-refractivity contribution in [2.75, 3.05) is 0 Å². The van der Waals surface area contributed by atoms with Gasteiger partial charge in [0.1, 0.15) is 0 Å². The summed E-state index contributed by atoms with van der Waals surface area (Å²) >= 11 is 0. The maximum Gasteiger partial charge on any atom is -0.0291 e. The van der Waals surface area contributed by atoms with Crippen LogP contribution in [0.4, 0.5) is 0 Å². The van der Waals surface area contributed by atoms with E-state index in [9.17, 15) is 0 Å². The standard InChI is InChI=1S/C8H13/c1-4-5-6-7-8(2)3/h4-5H,1-2,6-7H2,3H3. The maximum atomic E-state index is 3.77. The highest BCUT2D eigenvalue weighted by Crippen LogP contribution is 1.99. The fourth-order valence-corrected chi connectivity index (χ4v) is 0.448. The van der Waals surface area contributed by atoms with Crippen LogP contribution >= 0.6 is 0 Å². The SMILES string of the molecule is [CH2]C=CCCC(=C)C. The highest BCUT2D eigenvalue weighted by Gasteiger charge is 1.79. The Kier molecular flexibility index (Phi) is 4.33. The van der Waals surface area contributed by atoms with Crippen molar-refractivity contribution in [3.05, 3.63) is 31.2 Å². The van der Waals surface area contributed by atoms with Gasteiger partial charge in [-0.25, -0.2) is 0 Å². The summed E-state index contributed by atoms with van der Waals surface area (Å²) in [7, 11) is 0. The van der Waals surface area contributed by atoms with Crippen molar-refractivity contribution in [1.82, 2.24) is 0 Å². The third-order valence-electron chi connectivity index (χ3n) is 0.904. The van der Waals surface area contributed by atoms with E-state index in [1.807, 2.05) is 13.0 Å². The van der Waals surface area contributed by atoms with Crippen LogP contribution in [-0.2, 0) is 0 Å². The first-order valence-corrected chi connectivity index (χ1v) is 2.86. The van der Waals surface area contributed by atoms with Crippen LogP contribution in [-0.4, -0.2) is 0 Å². The van der Waals surface area contributed by atoms with Gasteiger partial charge in [-0.05, 0) is 26.7 Å². The Morgan fingerprint density at radius 1 is 1.62 bits per heavy atom. The molecule has 0 aliphatic heterocycles. The molecule has 0 rings (SSSR count). The number of allylic oxidation sites excluding steroid dienone is 3. The molecule has 0 bridgehead atoms. The fraction of sp³-hybridized carbons (Fsp3) is 0.375. The Bertz CT molecular complexity index is 88.2. The Balaban J connectivity index is 3.05. The molecule has 8 heavy (non-hydrogen) atoms. The van der Waals surface area contributed by atoms with Crippen molar-refractivity contribution in [1.29, 1.82) is 0 Å². The van der Waals surface area contributed by atoms with Gasteiger partial charge in [0.2, 0.25) is 0 Å². The second-order valence-corrected chi connectivity index (χ2v) is 1.97. The molecule has 0 nitrogen and oxygen atoms in total. The van der Waals surface area contributed by atoms with Gasteiger partial charge in [-0.3, -0.25) is 0 Å². The van der Waals surface area contributed by atoms with E-state index in [0.717, 1.165) is 12.8 Å². The van der Waals surface area contributed by atoms with Gasteiger partial charge in [0.05, 0.1) is 0 Å². The quantitative estimate of drug-likeness (QED) is 0.489. The summed E-state index contributed by atoms with van der Waals surface area (Å²) in [5.74, 6) is 0. The molecule has 0 aromatic rings. The summed E-state index contributed by atoms with van der Waals surface area (Å²) in [6.45, 7) is 9.38. The molecule has 0 N–H and O–H groups in total. The average molecular weight is 109 g/mol. The van der Waals surface area contributed by atoms with Crippen LogP contribution in [0, 0.1) is 6.92 Å². The molecule has 45 valence electrons. The lowest BCUT2D eigenvalue weighted by Crippen LogP contribution is -1.69. The molecule has 0 saturated heterocycles. The van der Waals surface area contributed by atoms with Gasteiger partial charge in [0.15, 0.2) is 0 Å². The Hall–Kier alpha value is -0.520. The third kappa shape index (κ3) is 5.48. The maximum absolute atomic E-state index is 3.77. The first-order valence-electron chi connectivity index (χ1n) is 2.86. The average Bonchev–Trinajstić information content (AvgIpc) is 1.66. The van der Waals surface area contributed by atoms with Gasteiger partial charge in [-0.1, -0.05) is 17.7 Å². The molecule has 0 heterocycles. The molecular formula is C8H13. The van der Waals surface area contributed by atoms with Crippen LogP contribution in [0.5, 0.6) is 0 Å². The minimum atomic E-state index is 1.08. The van der Waals surface area contributed by atoms with E-state index in [1.165, 1.54) is 5.57 Å². The monoisotopic (exact) mass is 109 g/mol. The fourth-order valence-electron chi connectivity index (χ4n) is 0.448. The molecule has 0 unspecified atom stereocenters. The Morgan fingerprint density at radius 2 is 2.25 bits per heavy atom. The lowest BCUT2D eigenvalue weighted by atomic mass is 10.2. The van der Waals surface area contributed by atoms with E-state index in [1.54, 1.807) is 0 Å². The van der Waals surface area contributed by atoms with E-state index < -0.39 is 0 Å². The summed E-state index contributed by atoms with van der Waals surface area (Å²) < 4.78 is 0. The van der Waals surface area contributed by atoms with Gasteiger partial charge in [0, 0.05) is 0 Å². The predicted octanol–water partition coefficient (Wildman–Crippen LogP) is 2.73. The highest BCUT2D eigenvalue weighted by molar-refractivity contribution is 4.93. The summed E-state index contributed by atoms with van der Waals surface area (Å²) in [4.78, 5) is 0. The highest BCUT2D eigenvalue weighted by atomic mass is 13.9. The predicted molar refractivity (Wildman–Crippen MR) is 38.5 cm³/mol. The first kappa shape index (κ1) is 7.48. The molecular weight excluding hydrogens is 96.1 g/mol. The molecule has 0 aliphatic rings. The van der Waals surface area contributed by atoms with Crippen molar-refractivity contribution < 1.29 is 0 Å². The second-order valence-electron chi connectivity index (χ2n) is 1.97. The summed E-state index contributed by atoms with van der Waals surface area (Å²) in [5.41, 5.74) is 1.24. The molecule has 0 aromatic carbocycles. The van der Waals surface area contributed by atoms with E-state index in [4.69, 9.17) is 0 Å². The normalized spacial score (nSPS) is 10.2.